The molecule has 2 heterocycles. The van der Waals surface area contributed by atoms with Crippen LogP contribution in [0.3, 0.4) is 0 Å². The summed E-state index contributed by atoms with van der Waals surface area (Å²) in [7, 11) is 3.98. The van der Waals surface area contributed by atoms with Crippen LogP contribution in [0.5, 0.6) is 11.6 Å². The number of amides is 1. The molecule has 0 aliphatic heterocycles. The Morgan fingerprint density at radius 2 is 1.59 bits per heavy atom. The fourth-order valence-electron chi connectivity index (χ4n) is 4.55. The molecular formula is C30H30BrF3N6O4. The van der Waals surface area contributed by atoms with E-state index in [-0.39, 0.29) is 18.0 Å². The fraction of sp³-hybridized carbons (Fsp3) is 0.300. The van der Waals surface area contributed by atoms with Gasteiger partial charge in [0, 0.05) is 42.2 Å². The minimum Gasteiger partial charge on any atom is -0.475 e. The van der Waals surface area contributed by atoms with Crippen LogP contribution in [0.25, 0.3) is 10.9 Å². The molecule has 10 nitrogen and oxygen atoms in total. The summed E-state index contributed by atoms with van der Waals surface area (Å²) in [4.78, 5) is 37.8. The van der Waals surface area contributed by atoms with E-state index in [4.69, 9.17) is 24.6 Å². The molecule has 1 amide bonds. The number of carboxylic acids is 1. The Labute approximate surface area is 259 Å². The van der Waals surface area contributed by atoms with Gasteiger partial charge in [0.05, 0.1) is 5.52 Å². The number of carboxylic acid groups (broad SMARTS) is 1. The minimum absolute atomic E-state index is 0.0844. The summed E-state index contributed by atoms with van der Waals surface area (Å²) in [5, 5.41) is 14.8. The van der Waals surface area contributed by atoms with Crippen molar-refractivity contribution in [2.45, 2.75) is 43.9 Å². The molecule has 0 bridgehead atoms. The monoisotopic (exact) mass is 674 g/mol. The van der Waals surface area contributed by atoms with Crippen molar-refractivity contribution in [2.24, 2.45) is 0 Å². The van der Waals surface area contributed by atoms with Gasteiger partial charge >= 0.3 is 12.1 Å². The third kappa shape index (κ3) is 8.78. The molecule has 0 spiro atoms. The molecule has 232 valence electrons. The van der Waals surface area contributed by atoms with Gasteiger partial charge in [-0.05, 0) is 74.2 Å². The van der Waals surface area contributed by atoms with Crippen molar-refractivity contribution >= 4 is 50.5 Å². The summed E-state index contributed by atoms with van der Waals surface area (Å²) >= 11 is 3.42. The Balaban J connectivity index is 0.000000566. The summed E-state index contributed by atoms with van der Waals surface area (Å²) in [5.74, 6) is -0.483. The molecule has 3 N–H and O–H groups in total. The number of alkyl halides is 3. The second kappa shape index (κ2) is 14.3. The maximum atomic E-state index is 13.1. The van der Waals surface area contributed by atoms with E-state index in [2.05, 4.69) is 31.5 Å². The molecule has 14 heteroatoms. The second-order valence-electron chi connectivity index (χ2n) is 10.2. The summed E-state index contributed by atoms with van der Waals surface area (Å²) < 4.78 is 38.6. The van der Waals surface area contributed by atoms with Gasteiger partial charge in [0.15, 0.2) is 0 Å². The number of pyridine rings is 1. The number of anilines is 2. The molecule has 44 heavy (non-hydrogen) atoms. The molecule has 5 rings (SSSR count). The number of fused-ring (bicyclic) bond motifs is 1. The van der Waals surface area contributed by atoms with Crippen LogP contribution >= 0.6 is 15.9 Å². The van der Waals surface area contributed by atoms with Gasteiger partial charge in [-0.1, -0.05) is 28.1 Å². The van der Waals surface area contributed by atoms with E-state index < -0.39 is 12.1 Å². The quantitative estimate of drug-likeness (QED) is 0.203. The van der Waals surface area contributed by atoms with Crippen molar-refractivity contribution < 1.29 is 32.6 Å². The normalized spacial score (nSPS) is 16.3. The van der Waals surface area contributed by atoms with Crippen LogP contribution in [-0.2, 0) is 4.79 Å². The number of nitrogens with zero attached hydrogens (tertiary/aromatic N) is 4. The zero-order valence-corrected chi connectivity index (χ0v) is 25.4. The number of aliphatic carboxylic acids is 1. The molecule has 0 radical (unpaired) electrons. The second-order valence-corrected chi connectivity index (χ2v) is 11.1. The molecule has 1 aliphatic rings. The first-order valence-electron chi connectivity index (χ1n) is 13.6. The van der Waals surface area contributed by atoms with E-state index in [1.165, 1.54) is 0 Å². The minimum atomic E-state index is -5.08. The van der Waals surface area contributed by atoms with Gasteiger partial charge in [0.2, 0.25) is 11.8 Å². The third-order valence-corrected chi connectivity index (χ3v) is 7.22. The molecule has 1 aliphatic carbocycles. The Morgan fingerprint density at radius 3 is 2.23 bits per heavy atom. The lowest BCUT2D eigenvalue weighted by Crippen LogP contribution is -2.40. The molecule has 0 atom stereocenters. The number of halogens is 4. The number of nitrogens with one attached hydrogen (secondary N) is 2. The highest BCUT2D eigenvalue weighted by Crippen LogP contribution is 2.28. The first-order valence-corrected chi connectivity index (χ1v) is 14.4. The van der Waals surface area contributed by atoms with Crippen molar-refractivity contribution in [3.63, 3.8) is 0 Å². The highest BCUT2D eigenvalue weighted by Gasteiger charge is 2.38. The summed E-state index contributed by atoms with van der Waals surface area (Å²) in [5.41, 5.74) is 1.34. The number of aromatic nitrogens is 3. The van der Waals surface area contributed by atoms with Gasteiger partial charge in [-0.25, -0.2) is 14.8 Å². The lowest BCUT2D eigenvalue weighted by Gasteiger charge is -2.30. The number of benzene rings is 2. The van der Waals surface area contributed by atoms with Gasteiger partial charge in [-0.2, -0.15) is 18.2 Å². The average molecular weight is 676 g/mol. The zero-order valence-electron chi connectivity index (χ0n) is 23.8. The van der Waals surface area contributed by atoms with E-state index in [0.717, 1.165) is 46.9 Å². The first kappa shape index (κ1) is 32.5. The van der Waals surface area contributed by atoms with Gasteiger partial charge in [-0.3, -0.25) is 4.79 Å². The van der Waals surface area contributed by atoms with Crippen LogP contribution < -0.4 is 20.3 Å². The molecule has 1 saturated carbocycles. The predicted octanol–water partition coefficient (Wildman–Crippen LogP) is 6.43. The van der Waals surface area contributed by atoms with Crippen LogP contribution in [0.2, 0.25) is 0 Å². The Bertz CT molecular complexity index is 1600. The zero-order chi connectivity index (χ0) is 31.9. The summed E-state index contributed by atoms with van der Waals surface area (Å²) in [6, 6.07) is 19.3. The van der Waals surface area contributed by atoms with Crippen LogP contribution in [0.1, 0.15) is 36.0 Å². The number of hydrogen-bond acceptors (Lipinski definition) is 8. The van der Waals surface area contributed by atoms with Crippen molar-refractivity contribution in [1.82, 2.24) is 20.3 Å². The fourth-order valence-corrected chi connectivity index (χ4v) is 4.82. The molecule has 2 aromatic carbocycles. The maximum absolute atomic E-state index is 13.1. The Morgan fingerprint density at radius 1 is 0.955 bits per heavy atom. The van der Waals surface area contributed by atoms with E-state index in [1.807, 2.05) is 67.5 Å². The predicted molar refractivity (Wildman–Crippen MR) is 163 cm³/mol. The lowest BCUT2D eigenvalue weighted by molar-refractivity contribution is -0.192. The lowest BCUT2D eigenvalue weighted by atomic mass is 9.91. The topological polar surface area (TPSA) is 130 Å². The van der Waals surface area contributed by atoms with Gasteiger partial charge in [0.1, 0.15) is 17.1 Å². The number of carbonyl (C=O) groups is 2. The van der Waals surface area contributed by atoms with Crippen molar-refractivity contribution in [2.75, 3.05) is 24.3 Å². The number of ether oxygens (including phenoxy) is 1. The highest BCUT2D eigenvalue weighted by molar-refractivity contribution is 9.10. The van der Waals surface area contributed by atoms with E-state index in [0.29, 0.717) is 23.1 Å². The van der Waals surface area contributed by atoms with Crippen molar-refractivity contribution in [1.29, 1.82) is 0 Å². The van der Waals surface area contributed by atoms with Crippen LogP contribution in [0.15, 0.2) is 71.3 Å². The average Bonchev–Trinajstić information content (AvgIpc) is 2.99. The summed E-state index contributed by atoms with van der Waals surface area (Å²) in [6.45, 7) is 0. The number of rotatable bonds is 7. The maximum Gasteiger partial charge on any atom is 0.490 e. The van der Waals surface area contributed by atoms with Crippen LogP contribution in [0, 0.1) is 0 Å². The van der Waals surface area contributed by atoms with Gasteiger partial charge in [0.25, 0.3) is 5.91 Å². The first-order chi connectivity index (χ1) is 20.9. The standard InChI is InChI=1S/C28H29BrN6O2.C2HF3O2/c1-35(2)25-22-6-3-4-8-24(22)33-28(34-25)32-20-13-11-19(12-14-20)31-26(36)23-7-5-17-30-27(23)37-21-15-9-18(29)10-16-21;3-2(4,5)1(6)7/h3-10,15-17,19-20H,11-14H2,1-2H3,(H,31,36)(H,32,33,34);(H,6,7)/t19-,20+;. The number of hydrogen-bond donors (Lipinski definition) is 3. The molecular weight excluding hydrogens is 645 g/mol. The molecule has 4 aromatic rings. The van der Waals surface area contributed by atoms with E-state index in [1.54, 1.807) is 18.3 Å². The Hall–Kier alpha value is -4.46. The largest absolute Gasteiger partial charge is 0.490 e. The molecule has 1 fully saturated rings. The number of para-hydroxylation sites is 1. The van der Waals surface area contributed by atoms with Crippen LogP contribution in [-0.4, -0.2) is 64.3 Å². The van der Waals surface area contributed by atoms with Gasteiger partial charge in [-0.15, -0.1) is 0 Å². The number of carbonyl (C=O) groups excluding carboxylic acids is 1. The van der Waals surface area contributed by atoms with E-state index in [9.17, 15) is 18.0 Å². The third-order valence-electron chi connectivity index (χ3n) is 6.69. The molecule has 0 unspecified atom stereocenters. The Kier molecular flexibility index (Phi) is 10.6. The van der Waals surface area contributed by atoms with Crippen molar-refractivity contribution in [3.05, 3.63) is 76.9 Å². The molecule has 0 saturated heterocycles. The highest BCUT2D eigenvalue weighted by atomic mass is 79.9. The van der Waals surface area contributed by atoms with Crippen LogP contribution in [0.4, 0.5) is 24.9 Å². The van der Waals surface area contributed by atoms with E-state index >= 15 is 0 Å². The van der Waals surface area contributed by atoms with Gasteiger partial charge < -0.3 is 25.4 Å². The van der Waals surface area contributed by atoms with Crippen molar-refractivity contribution in [3.8, 4) is 11.6 Å². The summed E-state index contributed by atoms with van der Waals surface area (Å²) in [6.07, 6.45) is 0.0846. The SMILES string of the molecule is CN(C)c1nc(N[C@H]2CC[C@@H](NC(=O)c3cccnc3Oc3ccc(Br)cc3)CC2)nc2ccccc12.O=C(O)C(F)(F)F. The molecule has 2 aromatic heterocycles. The smallest absolute Gasteiger partial charge is 0.475 e.